The van der Waals surface area contributed by atoms with E-state index in [1.54, 1.807) is 0 Å². The molecule has 8 heteroatoms. The molecule has 0 aromatic rings. The monoisotopic (exact) mass is 401 g/mol. The van der Waals surface area contributed by atoms with Gasteiger partial charge in [0.05, 0.1) is 24.7 Å². The summed E-state index contributed by atoms with van der Waals surface area (Å²) in [5.74, 6) is -1.56. The average Bonchev–Trinajstić information content (AvgIpc) is 2.97. The van der Waals surface area contributed by atoms with E-state index in [-0.39, 0.29) is 30.1 Å². The summed E-state index contributed by atoms with van der Waals surface area (Å²) in [6.07, 6.45) is 6.19. The average molecular weight is 402 g/mol. The molecule has 0 saturated heterocycles. The summed E-state index contributed by atoms with van der Waals surface area (Å²) in [4.78, 5) is 23.3. The molecular formula is C19H31NO6S. The van der Waals surface area contributed by atoms with Gasteiger partial charge in [0.25, 0.3) is 0 Å². The first-order chi connectivity index (χ1) is 12.8. The SMILES string of the molecule is C[C@H]1CCC/C=C/[C@@H]2C[C@H](O)C[C@H]2[C@@H](O)[C@H](SC[C@H](N)C(=O)O)CC(=O)O1. The molecule has 1 saturated carbocycles. The number of carbonyl (C=O) groups excluding carboxylic acids is 1. The summed E-state index contributed by atoms with van der Waals surface area (Å²) in [5, 5.41) is 29.5. The number of aliphatic hydroxyl groups excluding tert-OH is 2. The number of cyclic esters (lactones) is 1. The van der Waals surface area contributed by atoms with Gasteiger partial charge in [-0.05, 0) is 50.9 Å². The van der Waals surface area contributed by atoms with Gasteiger partial charge in [-0.3, -0.25) is 9.59 Å². The Morgan fingerprint density at radius 2 is 2.15 bits per heavy atom. The van der Waals surface area contributed by atoms with Crippen molar-refractivity contribution in [3.63, 3.8) is 0 Å². The van der Waals surface area contributed by atoms with Crippen molar-refractivity contribution in [2.45, 2.75) is 75.1 Å². The molecule has 0 aromatic carbocycles. The third kappa shape index (κ3) is 6.78. The highest BCUT2D eigenvalue weighted by molar-refractivity contribution is 8.00. The molecule has 7 atom stereocenters. The van der Waals surface area contributed by atoms with Gasteiger partial charge in [-0.2, -0.15) is 11.8 Å². The molecule has 0 radical (unpaired) electrons. The highest BCUT2D eigenvalue weighted by Crippen LogP contribution is 2.39. The Bertz CT molecular complexity index is 542. The van der Waals surface area contributed by atoms with Crippen LogP contribution in [0, 0.1) is 11.8 Å². The van der Waals surface area contributed by atoms with Crippen molar-refractivity contribution < 1.29 is 29.6 Å². The molecule has 27 heavy (non-hydrogen) atoms. The van der Waals surface area contributed by atoms with Crippen molar-refractivity contribution >= 4 is 23.7 Å². The summed E-state index contributed by atoms with van der Waals surface area (Å²) in [6, 6.07) is -1.06. The number of thioether (sulfide) groups is 1. The standard InChI is InChI=1S/C19H31NO6S/c1-11-5-3-2-4-6-12-7-13(21)8-14(12)18(23)16(9-17(22)26-11)27-10-15(20)19(24)25/h4,6,11-16,18,21,23H,2-3,5,7-10,20H2,1H3,(H,24,25)/b6-4+/t11-,12+,13-,14+,15-,16+,18+/m0/s1. The van der Waals surface area contributed by atoms with Gasteiger partial charge >= 0.3 is 11.9 Å². The zero-order valence-corrected chi connectivity index (χ0v) is 16.5. The minimum atomic E-state index is -1.12. The number of aliphatic hydroxyl groups is 2. The number of hydrogen-bond acceptors (Lipinski definition) is 7. The topological polar surface area (TPSA) is 130 Å². The Morgan fingerprint density at radius 3 is 2.85 bits per heavy atom. The van der Waals surface area contributed by atoms with Gasteiger partial charge in [-0.15, -0.1) is 0 Å². The fraction of sp³-hybridized carbons (Fsp3) is 0.789. The van der Waals surface area contributed by atoms with Crippen LogP contribution in [0.25, 0.3) is 0 Å². The van der Waals surface area contributed by atoms with Crippen LogP contribution >= 0.6 is 11.8 Å². The predicted octanol–water partition coefficient (Wildman–Crippen LogP) is 1.31. The van der Waals surface area contributed by atoms with Crippen LogP contribution in [0.4, 0.5) is 0 Å². The zero-order valence-electron chi connectivity index (χ0n) is 15.7. The maximum Gasteiger partial charge on any atom is 0.321 e. The lowest BCUT2D eigenvalue weighted by Gasteiger charge is -2.30. The third-order valence-electron chi connectivity index (χ3n) is 5.33. The number of ether oxygens (including phenoxy) is 1. The van der Waals surface area contributed by atoms with E-state index in [4.69, 9.17) is 15.6 Å². The second-order valence-electron chi connectivity index (χ2n) is 7.62. The fourth-order valence-electron chi connectivity index (χ4n) is 3.83. The van der Waals surface area contributed by atoms with E-state index in [2.05, 4.69) is 12.2 Å². The molecule has 154 valence electrons. The Balaban J connectivity index is 2.17. The Hall–Kier alpha value is -1.09. The van der Waals surface area contributed by atoms with Gasteiger partial charge in [0.2, 0.25) is 0 Å². The largest absolute Gasteiger partial charge is 0.480 e. The normalized spacial score (nSPS) is 37.9. The number of fused-ring (bicyclic) bond motifs is 1. The van der Waals surface area contributed by atoms with Crippen molar-refractivity contribution in [3.8, 4) is 0 Å². The van der Waals surface area contributed by atoms with Crippen LogP contribution in [0.5, 0.6) is 0 Å². The summed E-state index contributed by atoms with van der Waals surface area (Å²) in [7, 11) is 0. The summed E-state index contributed by atoms with van der Waals surface area (Å²) < 4.78 is 5.44. The maximum absolute atomic E-state index is 12.3. The Labute approximate surface area is 164 Å². The van der Waals surface area contributed by atoms with Crippen LogP contribution in [-0.4, -0.2) is 62.6 Å². The van der Waals surface area contributed by atoms with E-state index < -0.39 is 35.4 Å². The Kier molecular flexibility index (Phi) is 8.60. The van der Waals surface area contributed by atoms with E-state index >= 15 is 0 Å². The number of allylic oxidation sites excluding steroid dienone is 2. The highest BCUT2D eigenvalue weighted by Gasteiger charge is 2.40. The van der Waals surface area contributed by atoms with Gasteiger partial charge in [-0.1, -0.05) is 12.2 Å². The number of nitrogens with two attached hydrogens (primary N) is 1. The zero-order chi connectivity index (χ0) is 20.0. The summed E-state index contributed by atoms with van der Waals surface area (Å²) in [5.41, 5.74) is 5.59. The van der Waals surface area contributed by atoms with Gasteiger partial charge < -0.3 is 25.8 Å². The van der Waals surface area contributed by atoms with E-state index in [1.165, 1.54) is 11.8 Å². The highest BCUT2D eigenvalue weighted by atomic mass is 32.2. The molecule has 0 amide bonds. The number of rotatable bonds is 4. The minimum Gasteiger partial charge on any atom is -0.480 e. The molecule has 1 aliphatic carbocycles. The van der Waals surface area contributed by atoms with Crippen LogP contribution < -0.4 is 5.73 Å². The molecule has 1 fully saturated rings. The van der Waals surface area contributed by atoms with E-state index in [1.807, 2.05) is 6.92 Å². The van der Waals surface area contributed by atoms with Crippen LogP contribution in [0.1, 0.15) is 45.4 Å². The van der Waals surface area contributed by atoms with E-state index in [9.17, 15) is 19.8 Å². The molecule has 0 unspecified atom stereocenters. The second-order valence-corrected chi connectivity index (χ2v) is 8.90. The lowest BCUT2D eigenvalue weighted by Crippen LogP contribution is -2.38. The van der Waals surface area contributed by atoms with Crippen LogP contribution in [-0.2, 0) is 14.3 Å². The van der Waals surface area contributed by atoms with Crippen molar-refractivity contribution in [3.05, 3.63) is 12.2 Å². The fourth-order valence-corrected chi connectivity index (χ4v) is 5.08. The third-order valence-corrected chi connectivity index (χ3v) is 6.76. The van der Waals surface area contributed by atoms with Gasteiger partial charge in [-0.25, -0.2) is 0 Å². The molecule has 0 spiro atoms. The Morgan fingerprint density at radius 1 is 1.41 bits per heavy atom. The molecular weight excluding hydrogens is 370 g/mol. The van der Waals surface area contributed by atoms with Gasteiger partial charge in [0.1, 0.15) is 6.04 Å². The summed E-state index contributed by atoms with van der Waals surface area (Å²) >= 11 is 1.19. The number of aliphatic carboxylic acids is 1. The molecule has 7 nitrogen and oxygen atoms in total. The van der Waals surface area contributed by atoms with Crippen LogP contribution in [0.2, 0.25) is 0 Å². The number of hydrogen-bond donors (Lipinski definition) is 4. The molecule has 5 N–H and O–H groups in total. The van der Waals surface area contributed by atoms with E-state index in [0.717, 1.165) is 19.3 Å². The first kappa shape index (κ1) is 22.2. The molecule has 0 aromatic heterocycles. The van der Waals surface area contributed by atoms with Crippen molar-refractivity contribution in [2.24, 2.45) is 17.6 Å². The lowest BCUT2D eigenvalue weighted by atomic mass is 9.87. The smallest absolute Gasteiger partial charge is 0.321 e. The first-order valence-corrected chi connectivity index (χ1v) is 10.6. The van der Waals surface area contributed by atoms with Crippen molar-refractivity contribution in [1.82, 2.24) is 0 Å². The van der Waals surface area contributed by atoms with Crippen molar-refractivity contribution in [1.29, 1.82) is 0 Å². The number of carboxylic acids is 1. The van der Waals surface area contributed by atoms with Gasteiger partial charge in [0.15, 0.2) is 0 Å². The number of esters is 1. The first-order valence-electron chi connectivity index (χ1n) is 9.60. The second kappa shape index (κ2) is 10.5. The maximum atomic E-state index is 12.3. The summed E-state index contributed by atoms with van der Waals surface area (Å²) in [6.45, 7) is 1.85. The number of carboxylic acid groups (broad SMARTS) is 1. The quantitative estimate of drug-likeness (QED) is 0.410. The van der Waals surface area contributed by atoms with Crippen LogP contribution in [0.3, 0.4) is 0 Å². The number of carbonyl (C=O) groups is 2. The van der Waals surface area contributed by atoms with Gasteiger partial charge in [0, 0.05) is 11.0 Å². The van der Waals surface area contributed by atoms with Crippen molar-refractivity contribution in [2.75, 3.05) is 5.75 Å². The van der Waals surface area contributed by atoms with Crippen LogP contribution in [0.15, 0.2) is 12.2 Å². The molecule has 1 aliphatic heterocycles. The molecule has 2 rings (SSSR count). The minimum absolute atomic E-state index is 0.00839. The lowest BCUT2D eigenvalue weighted by molar-refractivity contribution is -0.149. The predicted molar refractivity (Wildman–Crippen MR) is 103 cm³/mol. The molecule has 2 aliphatic rings. The molecule has 1 heterocycles. The van der Waals surface area contributed by atoms with E-state index in [0.29, 0.717) is 12.8 Å². The molecule has 0 bridgehead atoms.